The quantitative estimate of drug-likeness (QED) is 0.640. The summed E-state index contributed by atoms with van der Waals surface area (Å²) in [5.74, 6) is -0.607. The fourth-order valence-electron chi connectivity index (χ4n) is 3.21. The van der Waals surface area contributed by atoms with E-state index in [-0.39, 0.29) is 35.3 Å². The first kappa shape index (κ1) is 23.3. The van der Waals surface area contributed by atoms with Crippen molar-refractivity contribution >= 4 is 27.6 Å². The van der Waals surface area contributed by atoms with Crippen LogP contribution in [0, 0.1) is 5.92 Å². The van der Waals surface area contributed by atoms with Gasteiger partial charge in [0.05, 0.1) is 24.0 Å². The molecule has 1 heterocycles. The Morgan fingerprint density at radius 2 is 1.93 bits per heavy atom. The standard InChI is InChI=1S/C20H31N3O5S/c1-5-28-20(25)16-7-6-12-23(13-16)14-19(24)21-17-8-10-18(11-9-17)29(26,27)22(4)15(2)3/h8-11,15-16H,5-7,12-14H2,1-4H3,(H,21,24)/t16-/m1/s1. The third kappa shape index (κ3) is 6.25. The highest BCUT2D eigenvalue weighted by molar-refractivity contribution is 7.89. The molecule has 1 aromatic carbocycles. The zero-order chi connectivity index (χ0) is 21.6. The molecule has 1 N–H and O–H groups in total. The molecule has 9 heteroatoms. The number of esters is 1. The van der Waals surface area contributed by atoms with Gasteiger partial charge in [-0.15, -0.1) is 0 Å². The number of nitrogens with zero attached hydrogens (tertiary/aromatic N) is 2. The van der Waals surface area contributed by atoms with Crippen LogP contribution >= 0.6 is 0 Å². The van der Waals surface area contributed by atoms with Crippen molar-refractivity contribution in [3.63, 3.8) is 0 Å². The SMILES string of the molecule is CCOC(=O)[C@@H]1CCCN(CC(=O)Nc2ccc(S(=O)(=O)N(C)C(C)C)cc2)C1. The number of sulfonamides is 1. The monoisotopic (exact) mass is 425 g/mol. The summed E-state index contributed by atoms with van der Waals surface area (Å²) in [5, 5.41) is 2.78. The van der Waals surface area contributed by atoms with E-state index in [0.29, 0.717) is 18.8 Å². The molecule has 0 aromatic heterocycles. The van der Waals surface area contributed by atoms with Gasteiger partial charge in [-0.1, -0.05) is 0 Å². The molecule has 2 rings (SSSR count). The lowest BCUT2D eigenvalue weighted by Gasteiger charge is -2.30. The highest BCUT2D eigenvalue weighted by Crippen LogP contribution is 2.20. The number of hydrogen-bond donors (Lipinski definition) is 1. The molecule has 1 amide bonds. The van der Waals surface area contributed by atoms with E-state index in [4.69, 9.17) is 4.74 Å². The number of hydrogen-bond acceptors (Lipinski definition) is 6. The molecule has 1 fully saturated rings. The second kappa shape index (κ2) is 10.2. The van der Waals surface area contributed by atoms with Crippen LogP contribution in [-0.2, 0) is 24.3 Å². The Morgan fingerprint density at radius 3 is 2.52 bits per heavy atom. The van der Waals surface area contributed by atoms with E-state index in [1.165, 1.54) is 23.5 Å². The summed E-state index contributed by atoms with van der Waals surface area (Å²) in [6.07, 6.45) is 1.62. The molecule has 1 atom stereocenters. The van der Waals surface area contributed by atoms with Gasteiger partial charge in [0.1, 0.15) is 0 Å². The number of amides is 1. The molecule has 0 radical (unpaired) electrons. The number of carbonyl (C=O) groups is 2. The summed E-state index contributed by atoms with van der Waals surface area (Å²) in [6, 6.07) is 5.98. The van der Waals surface area contributed by atoms with Crippen LogP contribution in [0.2, 0.25) is 0 Å². The zero-order valence-corrected chi connectivity index (χ0v) is 18.4. The molecule has 0 aliphatic carbocycles. The molecule has 1 saturated heterocycles. The van der Waals surface area contributed by atoms with E-state index < -0.39 is 10.0 Å². The topological polar surface area (TPSA) is 96.0 Å². The minimum Gasteiger partial charge on any atom is -0.466 e. The maximum atomic E-state index is 12.5. The fourth-order valence-corrected chi connectivity index (χ4v) is 4.58. The number of rotatable bonds is 8. The van der Waals surface area contributed by atoms with Gasteiger partial charge in [-0.3, -0.25) is 14.5 Å². The second-order valence-electron chi connectivity index (χ2n) is 7.51. The molecule has 29 heavy (non-hydrogen) atoms. The third-order valence-corrected chi connectivity index (χ3v) is 7.08. The summed E-state index contributed by atoms with van der Waals surface area (Å²) >= 11 is 0. The van der Waals surface area contributed by atoms with Crippen LogP contribution in [0.5, 0.6) is 0 Å². The van der Waals surface area contributed by atoms with Crippen molar-refractivity contribution in [2.45, 2.75) is 44.6 Å². The van der Waals surface area contributed by atoms with E-state index in [2.05, 4.69) is 5.32 Å². The minimum atomic E-state index is -3.56. The van der Waals surface area contributed by atoms with Crippen LogP contribution in [0.1, 0.15) is 33.6 Å². The lowest BCUT2D eigenvalue weighted by molar-refractivity contribution is -0.150. The first-order valence-electron chi connectivity index (χ1n) is 9.92. The molecular formula is C20H31N3O5S. The summed E-state index contributed by atoms with van der Waals surface area (Å²) < 4.78 is 31.4. The molecule has 0 spiro atoms. The third-order valence-electron chi connectivity index (χ3n) is 5.03. The lowest BCUT2D eigenvalue weighted by atomic mass is 9.98. The van der Waals surface area contributed by atoms with Crippen molar-refractivity contribution in [1.82, 2.24) is 9.21 Å². The van der Waals surface area contributed by atoms with E-state index in [1.807, 2.05) is 4.90 Å². The molecule has 0 unspecified atom stereocenters. The molecule has 1 aromatic rings. The number of piperidine rings is 1. The molecule has 162 valence electrons. The number of nitrogens with one attached hydrogen (secondary N) is 1. The van der Waals surface area contributed by atoms with Gasteiger partial charge >= 0.3 is 5.97 Å². The van der Waals surface area contributed by atoms with Crippen molar-refractivity contribution < 1.29 is 22.7 Å². The van der Waals surface area contributed by atoms with Crippen molar-refractivity contribution in [3.05, 3.63) is 24.3 Å². The maximum absolute atomic E-state index is 12.5. The van der Waals surface area contributed by atoms with Crippen molar-refractivity contribution in [2.75, 3.05) is 38.6 Å². The first-order chi connectivity index (χ1) is 13.6. The molecule has 8 nitrogen and oxygen atoms in total. The lowest BCUT2D eigenvalue weighted by Crippen LogP contribution is -2.43. The average molecular weight is 426 g/mol. The zero-order valence-electron chi connectivity index (χ0n) is 17.6. The molecule has 1 aliphatic heterocycles. The van der Waals surface area contributed by atoms with Gasteiger partial charge in [0.25, 0.3) is 0 Å². The number of ether oxygens (including phenoxy) is 1. The highest BCUT2D eigenvalue weighted by Gasteiger charge is 2.28. The largest absolute Gasteiger partial charge is 0.466 e. The van der Waals surface area contributed by atoms with Crippen LogP contribution in [0.25, 0.3) is 0 Å². The fraction of sp³-hybridized carbons (Fsp3) is 0.600. The first-order valence-corrected chi connectivity index (χ1v) is 11.4. The van der Waals surface area contributed by atoms with Crippen LogP contribution in [0.15, 0.2) is 29.2 Å². The van der Waals surface area contributed by atoms with Gasteiger partial charge in [0.15, 0.2) is 0 Å². The summed E-state index contributed by atoms with van der Waals surface area (Å²) in [4.78, 5) is 26.4. The Labute approximate surface area is 173 Å². The van der Waals surface area contributed by atoms with E-state index in [0.717, 1.165) is 19.4 Å². The van der Waals surface area contributed by atoms with Crippen LogP contribution in [0.3, 0.4) is 0 Å². The van der Waals surface area contributed by atoms with Crippen LogP contribution in [-0.4, -0.2) is 68.8 Å². The Balaban J connectivity index is 1.93. The molecule has 0 bridgehead atoms. The number of anilines is 1. The van der Waals surface area contributed by atoms with Gasteiger partial charge in [-0.25, -0.2) is 8.42 Å². The van der Waals surface area contributed by atoms with Gasteiger partial charge in [0.2, 0.25) is 15.9 Å². The van der Waals surface area contributed by atoms with Crippen molar-refractivity contribution in [1.29, 1.82) is 0 Å². The van der Waals surface area contributed by atoms with Crippen LogP contribution < -0.4 is 5.32 Å². The smallest absolute Gasteiger partial charge is 0.310 e. The minimum absolute atomic E-state index is 0.151. The predicted octanol–water partition coefficient (Wildman–Crippen LogP) is 1.93. The summed E-state index contributed by atoms with van der Waals surface area (Å²) in [7, 11) is -2.02. The van der Waals surface area contributed by atoms with Gasteiger partial charge < -0.3 is 10.1 Å². The molecule has 1 aliphatic rings. The predicted molar refractivity (Wildman–Crippen MR) is 111 cm³/mol. The Kier molecular flexibility index (Phi) is 8.18. The number of benzene rings is 1. The molecular weight excluding hydrogens is 394 g/mol. The van der Waals surface area contributed by atoms with E-state index >= 15 is 0 Å². The average Bonchev–Trinajstić information content (AvgIpc) is 2.68. The van der Waals surface area contributed by atoms with Gasteiger partial charge in [0, 0.05) is 25.3 Å². The van der Waals surface area contributed by atoms with Crippen LogP contribution in [0.4, 0.5) is 5.69 Å². The van der Waals surface area contributed by atoms with Crippen molar-refractivity contribution in [3.8, 4) is 0 Å². The Hall–Kier alpha value is -1.97. The summed E-state index contributed by atoms with van der Waals surface area (Å²) in [6.45, 7) is 7.18. The molecule has 0 saturated carbocycles. The van der Waals surface area contributed by atoms with Gasteiger partial charge in [-0.2, -0.15) is 4.31 Å². The normalized spacial score (nSPS) is 18.1. The number of carbonyl (C=O) groups excluding carboxylic acids is 2. The Morgan fingerprint density at radius 1 is 1.28 bits per heavy atom. The van der Waals surface area contributed by atoms with Crippen molar-refractivity contribution in [2.24, 2.45) is 5.92 Å². The second-order valence-corrected chi connectivity index (χ2v) is 9.51. The number of likely N-dealkylation sites (tertiary alicyclic amines) is 1. The maximum Gasteiger partial charge on any atom is 0.310 e. The highest BCUT2D eigenvalue weighted by atomic mass is 32.2. The summed E-state index contributed by atoms with van der Waals surface area (Å²) in [5.41, 5.74) is 0.528. The van der Waals surface area contributed by atoms with Gasteiger partial charge in [-0.05, 0) is 64.4 Å². The Bertz CT molecular complexity index is 808. The van der Waals surface area contributed by atoms with E-state index in [1.54, 1.807) is 32.9 Å². The van der Waals surface area contributed by atoms with E-state index in [9.17, 15) is 18.0 Å².